The zero-order valence-corrected chi connectivity index (χ0v) is 23.5. The van der Waals surface area contributed by atoms with Crippen molar-refractivity contribution in [1.29, 1.82) is 0 Å². The summed E-state index contributed by atoms with van der Waals surface area (Å²) in [5.41, 5.74) is 8.48. The molecule has 1 aliphatic carbocycles. The fraction of sp³-hybridized carbons (Fsp3) is 0.692. The minimum atomic E-state index is -4.40. The molecule has 0 unspecified atom stereocenters. The predicted molar refractivity (Wildman–Crippen MR) is 140 cm³/mol. The van der Waals surface area contributed by atoms with Crippen molar-refractivity contribution in [3.63, 3.8) is 0 Å². The summed E-state index contributed by atoms with van der Waals surface area (Å²) < 4.78 is 73.5. The topological polar surface area (TPSA) is 82.2 Å². The van der Waals surface area contributed by atoms with Crippen LogP contribution in [0.25, 0.3) is 11.0 Å². The standard InChI is InChI=1S/C26H39F5N4O2Si/c1-17(33-22(36)9-11-26(29,30)31)18-7-8-21-20(14-18)34-24(35(21)16-37-12-13-38(2,3)4)23(32)19-6-5-10-25(27,28)15-19/h7-8,14,17,19,23H,5-6,9-13,15-16,32H2,1-4H3,(H,33,36)/t17-,19-,23+/m1/s1. The molecule has 1 fully saturated rings. The van der Waals surface area contributed by atoms with Crippen LogP contribution in [0.5, 0.6) is 0 Å². The van der Waals surface area contributed by atoms with E-state index in [4.69, 9.17) is 15.5 Å². The number of alkyl halides is 5. The van der Waals surface area contributed by atoms with Gasteiger partial charge in [-0.1, -0.05) is 25.7 Å². The van der Waals surface area contributed by atoms with Crippen LogP contribution in [0.15, 0.2) is 18.2 Å². The van der Waals surface area contributed by atoms with Crippen molar-refractivity contribution in [3.05, 3.63) is 29.6 Å². The first kappa shape index (κ1) is 30.5. The maximum absolute atomic E-state index is 14.2. The Bertz CT molecular complexity index is 1100. The molecular weight excluding hydrogens is 523 g/mol. The molecule has 214 valence electrons. The van der Waals surface area contributed by atoms with Crippen molar-refractivity contribution in [2.24, 2.45) is 11.7 Å². The van der Waals surface area contributed by atoms with Gasteiger partial charge in [0.1, 0.15) is 12.6 Å². The van der Waals surface area contributed by atoms with Crippen LogP contribution in [0.3, 0.4) is 0 Å². The van der Waals surface area contributed by atoms with Crippen LogP contribution in [0.1, 0.15) is 68.9 Å². The molecule has 12 heteroatoms. The van der Waals surface area contributed by atoms with Crippen LogP contribution < -0.4 is 11.1 Å². The molecule has 0 aliphatic heterocycles. The van der Waals surface area contributed by atoms with Crippen molar-refractivity contribution >= 4 is 25.0 Å². The summed E-state index contributed by atoms with van der Waals surface area (Å²) in [4.78, 5) is 16.7. The highest BCUT2D eigenvalue weighted by Crippen LogP contribution is 2.41. The number of benzene rings is 1. The Hall–Kier alpha value is -2.05. The van der Waals surface area contributed by atoms with Crippen molar-refractivity contribution in [3.8, 4) is 0 Å². The highest BCUT2D eigenvalue weighted by molar-refractivity contribution is 6.76. The van der Waals surface area contributed by atoms with Crippen LogP contribution >= 0.6 is 0 Å². The lowest BCUT2D eigenvalue weighted by atomic mass is 9.82. The Morgan fingerprint density at radius 3 is 2.66 bits per heavy atom. The zero-order chi connectivity index (χ0) is 28.3. The maximum atomic E-state index is 14.2. The Balaban J connectivity index is 1.84. The van der Waals surface area contributed by atoms with Gasteiger partial charge in [-0.25, -0.2) is 13.8 Å². The van der Waals surface area contributed by atoms with Crippen LogP contribution in [0.2, 0.25) is 25.7 Å². The molecule has 1 aromatic carbocycles. The number of nitrogens with one attached hydrogen (secondary N) is 1. The molecule has 1 heterocycles. The minimum Gasteiger partial charge on any atom is -0.361 e. The van der Waals surface area contributed by atoms with E-state index in [2.05, 4.69) is 25.0 Å². The Labute approximate surface area is 221 Å². The second-order valence-electron chi connectivity index (χ2n) is 11.6. The Morgan fingerprint density at radius 2 is 2.03 bits per heavy atom. The summed E-state index contributed by atoms with van der Waals surface area (Å²) in [6.07, 6.45) is -5.68. The number of carbonyl (C=O) groups is 1. The molecule has 1 aromatic heterocycles. The number of ether oxygens (including phenoxy) is 1. The van der Waals surface area contributed by atoms with Gasteiger partial charge in [0, 0.05) is 33.9 Å². The van der Waals surface area contributed by atoms with Gasteiger partial charge in [-0.15, -0.1) is 0 Å². The van der Waals surface area contributed by atoms with E-state index in [1.54, 1.807) is 25.1 Å². The molecule has 1 amide bonds. The monoisotopic (exact) mass is 562 g/mol. The molecule has 0 radical (unpaired) electrons. The van der Waals surface area contributed by atoms with Gasteiger partial charge in [0.25, 0.3) is 0 Å². The van der Waals surface area contributed by atoms with Crippen LogP contribution in [0, 0.1) is 5.92 Å². The van der Waals surface area contributed by atoms with E-state index in [9.17, 15) is 26.7 Å². The molecule has 6 nitrogen and oxygen atoms in total. The quantitative estimate of drug-likeness (QED) is 0.182. The largest absolute Gasteiger partial charge is 0.389 e. The number of aromatic nitrogens is 2. The first-order valence-corrected chi connectivity index (χ1v) is 16.8. The number of fused-ring (bicyclic) bond motifs is 1. The second-order valence-corrected chi connectivity index (χ2v) is 17.3. The van der Waals surface area contributed by atoms with Crippen LogP contribution in [-0.2, 0) is 16.3 Å². The molecular formula is C26H39F5N4O2Si. The average Bonchev–Trinajstić information content (AvgIpc) is 3.16. The first-order valence-electron chi connectivity index (χ1n) is 13.1. The van der Waals surface area contributed by atoms with E-state index < -0.39 is 56.9 Å². The van der Waals surface area contributed by atoms with Crippen molar-refractivity contribution in [1.82, 2.24) is 14.9 Å². The zero-order valence-electron chi connectivity index (χ0n) is 22.5. The average molecular weight is 563 g/mol. The molecule has 0 spiro atoms. The van der Waals surface area contributed by atoms with Crippen molar-refractivity contribution in [2.45, 2.75) is 102 Å². The molecule has 3 rings (SSSR count). The highest BCUT2D eigenvalue weighted by atomic mass is 28.3. The molecule has 2 aromatic rings. The Kier molecular flexibility index (Phi) is 9.62. The fourth-order valence-electron chi connectivity index (χ4n) is 4.74. The third-order valence-corrected chi connectivity index (χ3v) is 8.72. The predicted octanol–water partition coefficient (Wildman–Crippen LogP) is 6.69. The van der Waals surface area contributed by atoms with E-state index in [1.165, 1.54) is 0 Å². The number of nitrogens with zero attached hydrogens (tertiary/aromatic N) is 2. The molecule has 1 saturated carbocycles. The van der Waals surface area contributed by atoms with Gasteiger partial charge in [-0.05, 0) is 49.4 Å². The van der Waals surface area contributed by atoms with E-state index in [0.29, 0.717) is 41.9 Å². The van der Waals surface area contributed by atoms with Gasteiger partial charge < -0.3 is 20.4 Å². The summed E-state index contributed by atoms with van der Waals surface area (Å²) in [5.74, 6) is -3.41. The summed E-state index contributed by atoms with van der Waals surface area (Å²) in [7, 11) is -1.32. The number of carbonyl (C=O) groups excluding carboxylic acids is 1. The third-order valence-electron chi connectivity index (χ3n) is 7.02. The minimum absolute atomic E-state index is 0.137. The Morgan fingerprint density at radius 1 is 1.32 bits per heavy atom. The van der Waals surface area contributed by atoms with Gasteiger partial charge in [0.15, 0.2) is 0 Å². The summed E-state index contributed by atoms with van der Waals surface area (Å²) >= 11 is 0. The highest BCUT2D eigenvalue weighted by Gasteiger charge is 2.40. The number of amides is 1. The molecule has 38 heavy (non-hydrogen) atoms. The van der Waals surface area contributed by atoms with E-state index in [-0.39, 0.29) is 19.6 Å². The number of hydrogen-bond acceptors (Lipinski definition) is 4. The van der Waals surface area contributed by atoms with Crippen molar-refractivity contribution in [2.75, 3.05) is 6.61 Å². The molecule has 0 bridgehead atoms. The molecule has 3 N–H and O–H groups in total. The van der Waals surface area contributed by atoms with Gasteiger partial charge in [-0.3, -0.25) is 4.79 Å². The SMILES string of the molecule is C[C@@H](NC(=O)CCC(F)(F)F)c1ccc2c(c1)nc([C@@H](N)[C@@H]1CCCC(F)(F)C1)n2COCC[Si](C)(C)C. The second kappa shape index (κ2) is 12.0. The number of halogens is 5. The molecule has 0 saturated heterocycles. The summed E-state index contributed by atoms with van der Waals surface area (Å²) in [6, 6.07) is 5.01. The van der Waals surface area contributed by atoms with Crippen LogP contribution in [-0.4, -0.2) is 42.2 Å². The lowest BCUT2D eigenvalue weighted by molar-refractivity contribution is -0.144. The van der Waals surface area contributed by atoms with Gasteiger partial charge >= 0.3 is 6.18 Å². The smallest absolute Gasteiger partial charge is 0.361 e. The molecule has 3 atom stereocenters. The molecule has 1 aliphatic rings. The van der Waals surface area contributed by atoms with Crippen LogP contribution in [0.4, 0.5) is 22.0 Å². The maximum Gasteiger partial charge on any atom is 0.389 e. The van der Waals surface area contributed by atoms with E-state index >= 15 is 0 Å². The number of rotatable bonds is 11. The normalized spacial score (nSPS) is 19.9. The third kappa shape index (κ3) is 8.74. The lowest BCUT2D eigenvalue weighted by Gasteiger charge is -2.32. The fourth-order valence-corrected chi connectivity index (χ4v) is 5.50. The number of imidazole rings is 1. The van der Waals surface area contributed by atoms with E-state index in [0.717, 1.165) is 6.04 Å². The van der Waals surface area contributed by atoms with Crippen molar-refractivity contribution < 1.29 is 31.5 Å². The van der Waals surface area contributed by atoms with Gasteiger partial charge in [0.05, 0.1) is 29.5 Å². The van der Waals surface area contributed by atoms with Gasteiger partial charge in [-0.2, -0.15) is 13.2 Å². The summed E-state index contributed by atoms with van der Waals surface area (Å²) in [6.45, 7) is 9.16. The summed E-state index contributed by atoms with van der Waals surface area (Å²) in [5, 5.41) is 2.59. The van der Waals surface area contributed by atoms with E-state index in [1.807, 2.05) is 4.57 Å². The first-order chi connectivity index (χ1) is 17.5. The van der Waals surface area contributed by atoms with Gasteiger partial charge in [0.2, 0.25) is 11.8 Å². The number of hydrogen-bond donors (Lipinski definition) is 2. The lowest BCUT2D eigenvalue weighted by Crippen LogP contribution is -2.34. The number of nitrogens with two attached hydrogens (primary N) is 1.